The Morgan fingerprint density at radius 3 is 2.09 bits per heavy atom. The van der Waals surface area contributed by atoms with Crippen molar-refractivity contribution in [3.63, 3.8) is 0 Å². The first-order valence-corrected chi connectivity index (χ1v) is 4.77. The van der Waals surface area contributed by atoms with Gasteiger partial charge in [0.25, 0.3) is 0 Å². The molecule has 1 N–H and O–H groups in total. The lowest BCUT2D eigenvalue weighted by molar-refractivity contribution is -0.877. The quantitative estimate of drug-likeness (QED) is 0.630. The molecule has 1 atom stereocenters. The average Bonchev–Trinajstić information content (AvgIpc) is 1.85. The second kappa shape index (κ2) is 4.76. The highest BCUT2D eigenvalue weighted by atomic mass is 15.1. The Balaban J connectivity index is 3.28. The van der Waals surface area contributed by atoms with Gasteiger partial charge in [0.15, 0.2) is 0 Å². The first-order valence-electron chi connectivity index (χ1n) is 4.77. The van der Waals surface area contributed by atoms with Crippen LogP contribution in [0.5, 0.6) is 0 Å². The summed E-state index contributed by atoms with van der Waals surface area (Å²) in [5.41, 5.74) is 0.522. The molecule has 0 saturated heterocycles. The van der Waals surface area contributed by atoms with E-state index in [-0.39, 0.29) is 0 Å². The zero-order chi connectivity index (χ0) is 8.91. The van der Waals surface area contributed by atoms with Gasteiger partial charge in [-0.1, -0.05) is 20.8 Å². The van der Waals surface area contributed by atoms with Gasteiger partial charge in [-0.05, 0) is 25.2 Å². The van der Waals surface area contributed by atoms with Crippen molar-refractivity contribution in [2.75, 3.05) is 20.1 Å². The molecule has 0 aromatic heterocycles. The van der Waals surface area contributed by atoms with Crippen LogP contribution in [0, 0.1) is 5.41 Å². The smallest absolute Gasteiger partial charge is 0.0769 e. The number of rotatable bonds is 4. The first-order chi connectivity index (χ1) is 4.95. The van der Waals surface area contributed by atoms with Crippen LogP contribution in [-0.2, 0) is 0 Å². The van der Waals surface area contributed by atoms with E-state index in [1.165, 1.54) is 25.9 Å². The minimum absolute atomic E-state index is 0.522. The maximum Gasteiger partial charge on any atom is 0.0769 e. The largest absolute Gasteiger partial charge is 0.338 e. The van der Waals surface area contributed by atoms with E-state index in [0.29, 0.717) is 5.41 Å². The number of nitrogens with one attached hydrogen (secondary N) is 1. The SMILES string of the molecule is CC[NH+](C)CCCC(C)(C)C. The van der Waals surface area contributed by atoms with Gasteiger partial charge in [-0.15, -0.1) is 0 Å². The molecular weight excluding hydrogens is 134 g/mol. The van der Waals surface area contributed by atoms with Gasteiger partial charge in [0, 0.05) is 0 Å². The van der Waals surface area contributed by atoms with Crippen molar-refractivity contribution in [3.8, 4) is 0 Å². The molecule has 0 saturated carbocycles. The zero-order valence-electron chi connectivity index (χ0n) is 8.83. The Bertz CT molecular complexity index is 91.5. The van der Waals surface area contributed by atoms with Gasteiger partial charge in [-0.25, -0.2) is 0 Å². The summed E-state index contributed by atoms with van der Waals surface area (Å²) in [4.78, 5) is 1.65. The predicted octanol–water partition coefficient (Wildman–Crippen LogP) is 1.35. The second-order valence-corrected chi connectivity index (χ2v) is 4.72. The van der Waals surface area contributed by atoms with E-state index in [1.54, 1.807) is 4.90 Å². The zero-order valence-corrected chi connectivity index (χ0v) is 8.83. The van der Waals surface area contributed by atoms with Crippen LogP contribution in [0.2, 0.25) is 0 Å². The van der Waals surface area contributed by atoms with Crippen LogP contribution >= 0.6 is 0 Å². The van der Waals surface area contributed by atoms with Crippen molar-refractivity contribution in [3.05, 3.63) is 0 Å². The number of hydrogen-bond acceptors (Lipinski definition) is 0. The lowest BCUT2D eigenvalue weighted by Gasteiger charge is -2.19. The molecule has 0 fully saturated rings. The molecule has 0 spiro atoms. The minimum atomic E-state index is 0.522. The summed E-state index contributed by atoms with van der Waals surface area (Å²) in [6, 6.07) is 0. The Morgan fingerprint density at radius 1 is 1.18 bits per heavy atom. The standard InChI is InChI=1S/C10H23N/c1-6-11(5)9-7-8-10(2,3)4/h6-9H2,1-5H3/p+1. The van der Waals surface area contributed by atoms with Crippen LogP contribution in [-0.4, -0.2) is 20.1 Å². The monoisotopic (exact) mass is 158 g/mol. The van der Waals surface area contributed by atoms with E-state index >= 15 is 0 Å². The number of quaternary nitrogens is 1. The van der Waals surface area contributed by atoms with Gasteiger partial charge < -0.3 is 4.90 Å². The highest BCUT2D eigenvalue weighted by Crippen LogP contribution is 2.19. The van der Waals surface area contributed by atoms with Gasteiger partial charge >= 0.3 is 0 Å². The fourth-order valence-corrected chi connectivity index (χ4v) is 1.10. The summed E-state index contributed by atoms with van der Waals surface area (Å²) in [7, 11) is 2.27. The molecule has 1 nitrogen and oxygen atoms in total. The summed E-state index contributed by atoms with van der Waals surface area (Å²) in [5, 5.41) is 0. The maximum atomic E-state index is 2.31. The first kappa shape index (κ1) is 11.0. The highest BCUT2D eigenvalue weighted by molar-refractivity contribution is 4.59. The number of hydrogen-bond donors (Lipinski definition) is 1. The molecule has 1 unspecified atom stereocenters. The summed E-state index contributed by atoms with van der Waals surface area (Å²) in [6.07, 6.45) is 2.72. The van der Waals surface area contributed by atoms with E-state index in [4.69, 9.17) is 0 Å². The van der Waals surface area contributed by atoms with Gasteiger partial charge in [-0.3, -0.25) is 0 Å². The molecule has 0 heterocycles. The molecule has 0 bridgehead atoms. The molecule has 0 aliphatic rings. The van der Waals surface area contributed by atoms with Crippen LogP contribution in [0.1, 0.15) is 40.5 Å². The van der Waals surface area contributed by atoms with Crippen LogP contribution in [0.4, 0.5) is 0 Å². The third-order valence-electron chi connectivity index (χ3n) is 2.13. The second-order valence-electron chi connectivity index (χ2n) is 4.72. The van der Waals surface area contributed by atoms with Crippen molar-refractivity contribution >= 4 is 0 Å². The molecule has 0 rings (SSSR count). The van der Waals surface area contributed by atoms with Crippen molar-refractivity contribution in [1.29, 1.82) is 0 Å². The Morgan fingerprint density at radius 2 is 1.73 bits per heavy atom. The van der Waals surface area contributed by atoms with Crippen LogP contribution < -0.4 is 4.90 Å². The fourth-order valence-electron chi connectivity index (χ4n) is 1.10. The topological polar surface area (TPSA) is 4.44 Å². The molecule has 0 aliphatic heterocycles. The van der Waals surface area contributed by atoms with Crippen LogP contribution in [0.3, 0.4) is 0 Å². The molecule has 0 aromatic carbocycles. The lowest BCUT2D eigenvalue weighted by atomic mass is 9.90. The maximum absolute atomic E-state index is 2.31. The van der Waals surface area contributed by atoms with Crippen molar-refractivity contribution in [2.45, 2.75) is 40.5 Å². The molecule has 0 radical (unpaired) electrons. The van der Waals surface area contributed by atoms with Gasteiger partial charge in [0.1, 0.15) is 0 Å². The van der Waals surface area contributed by atoms with E-state index in [2.05, 4.69) is 34.7 Å². The van der Waals surface area contributed by atoms with Crippen molar-refractivity contribution in [2.24, 2.45) is 5.41 Å². The molecule has 1 heteroatoms. The minimum Gasteiger partial charge on any atom is -0.338 e. The Kier molecular flexibility index (Phi) is 4.74. The Hall–Kier alpha value is -0.0400. The predicted molar refractivity (Wildman–Crippen MR) is 51.0 cm³/mol. The molecular formula is C10H24N+. The summed E-state index contributed by atoms with van der Waals surface area (Å²) < 4.78 is 0. The summed E-state index contributed by atoms with van der Waals surface area (Å²) >= 11 is 0. The molecule has 68 valence electrons. The summed E-state index contributed by atoms with van der Waals surface area (Å²) in [5.74, 6) is 0. The third kappa shape index (κ3) is 7.86. The van der Waals surface area contributed by atoms with Gasteiger partial charge in [0.2, 0.25) is 0 Å². The van der Waals surface area contributed by atoms with Crippen LogP contribution in [0.15, 0.2) is 0 Å². The normalized spacial score (nSPS) is 15.0. The van der Waals surface area contributed by atoms with Crippen molar-refractivity contribution in [1.82, 2.24) is 0 Å². The molecule has 0 amide bonds. The summed E-state index contributed by atoms with van der Waals surface area (Å²) in [6.45, 7) is 11.8. The Labute approximate surface area is 71.8 Å². The van der Waals surface area contributed by atoms with Gasteiger partial charge in [0.05, 0.1) is 20.1 Å². The van der Waals surface area contributed by atoms with Crippen molar-refractivity contribution < 1.29 is 4.90 Å². The van der Waals surface area contributed by atoms with Crippen LogP contribution in [0.25, 0.3) is 0 Å². The molecule has 0 aromatic rings. The van der Waals surface area contributed by atoms with E-state index in [0.717, 1.165) is 0 Å². The van der Waals surface area contributed by atoms with E-state index in [9.17, 15) is 0 Å². The average molecular weight is 158 g/mol. The molecule has 11 heavy (non-hydrogen) atoms. The molecule has 0 aliphatic carbocycles. The lowest BCUT2D eigenvalue weighted by Crippen LogP contribution is -3.08. The van der Waals surface area contributed by atoms with E-state index < -0.39 is 0 Å². The van der Waals surface area contributed by atoms with Gasteiger partial charge in [-0.2, -0.15) is 0 Å². The van der Waals surface area contributed by atoms with E-state index in [1.807, 2.05) is 0 Å². The highest BCUT2D eigenvalue weighted by Gasteiger charge is 2.10. The fraction of sp³-hybridized carbons (Fsp3) is 1.00. The third-order valence-corrected chi connectivity index (χ3v) is 2.13.